The van der Waals surface area contributed by atoms with Crippen LogP contribution in [0.4, 0.5) is 5.69 Å². The first kappa shape index (κ1) is 14.1. The van der Waals surface area contributed by atoms with Crippen molar-refractivity contribution in [1.82, 2.24) is 5.32 Å². The highest BCUT2D eigenvalue weighted by molar-refractivity contribution is 5.92. The molecule has 2 rings (SSSR count). The molecule has 1 aliphatic rings. The Morgan fingerprint density at radius 2 is 1.95 bits per heavy atom. The van der Waals surface area contributed by atoms with Gasteiger partial charge in [-0.15, -0.1) is 0 Å². The van der Waals surface area contributed by atoms with Gasteiger partial charge in [0.15, 0.2) is 0 Å². The van der Waals surface area contributed by atoms with E-state index >= 15 is 0 Å². The molecule has 1 amide bonds. The van der Waals surface area contributed by atoms with Gasteiger partial charge in [-0.05, 0) is 51.3 Å². The summed E-state index contributed by atoms with van der Waals surface area (Å²) < 4.78 is 0. The summed E-state index contributed by atoms with van der Waals surface area (Å²) in [6.07, 6.45) is 4.15. The summed E-state index contributed by atoms with van der Waals surface area (Å²) in [7, 11) is 0. The third kappa shape index (κ3) is 3.80. The molecule has 1 heterocycles. The molecule has 0 saturated carbocycles. The van der Waals surface area contributed by atoms with Gasteiger partial charge in [-0.3, -0.25) is 4.79 Å². The molecule has 1 aromatic rings. The van der Waals surface area contributed by atoms with E-state index in [-0.39, 0.29) is 5.91 Å². The van der Waals surface area contributed by atoms with E-state index in [1.807, 2.05) is 0 Å². The lowest BCUT2D eigenvalue weighted by molar-refractivity contribution is -0.116. The second-order valence-electron chi connectivity index (χ2n) is 5.67. The van der Waals surface area contributed by atoms with Gasteiger partial charge in [0, 0.05) is 18.2 Å². The molecular formula is C16H24N2O. The number of anilines is 1. The molecule has 1 aliphatic heterocycles. The predicted molar refractivity (Wildman–Crippen MR) is 79.5 cm³/mol. The van der Waals surface area contributed by atoms with Crippen LogP contribution in [-0.2, 0) is 4.79 Å². The fourth-order valence-corrected chi connectivity index (χ4v) is 2.89. The summed E-state index contributed by atoms with van der Waals surface area (Å²) >= 11 is 0. The number of benzene rings is 1. The van der Waals surface area contributed by atoms with Crippen LogP contribution in [0.1, 0.15) is 42.4 Å². The van der Waals surface area contributed by atoms with Crippen molar-refractivity contribution in [3.8, 4) is 0 Å². The van der Waals surface area contributed by atoms with Gasteiger partial charge in [0.1, 0.15) is 0 Å². The molecule has 104 valence electrons. The van der Waals surface area contributed by atoms with Gasteiger partial charge < -0.3 is 10.6 Å². The Kier molecular flexibility index (Phi) is 4.59. The standard InChI is InChI=1S/C16H24N2O/c1-11-8-12(2)16(13(3)9-11)18-15(19)10-14-6-4-5-7-17-14/h8-9,14,17H,4-7,10H2,1-3H3,(H,18,19). The summed E-state index contributed by atoms with van der Waals surface area (Å²) in [5.74, 6) is 0.120. The van der Waals surface area contributed by atoms with E-state index in [0.29, 0.717) is 12.5 Å². The maximum absolute atomic E-state index is 12.1. The number of hydrogen-bond donors (Lipinski definition) is 2. The molecule has 19 heavy (non-hydrogen) atoms. The minimum atomic E-state index is 0.120. The van der Waals surface area contributed by atoms with Gasteiger partial charge in [-0.25, -0.2) is 0 Å². The van der Waals surface area contributed by atoms with Crippen molar-refractivity contribution < 1.29 is 4.79 Å². The lowest BCUT2D eigenvalue weighted by Crippen LogP contribution is -2.37. The number of carbonyl (C=O) groups excluding carboxylic acids is 1. The molecule has 1 aromatic carbocycles. The Hall–Kier alpha value is -1.35. The average molecular weight is 260 g/mol. The van der Waals surface area contributed by atoms with Crippen molar-refractivity contribution in [3.05, 3.63) is 28.8 Å². The minimum Gasteiger partial charge on any atom is -0.326 e. The summed E-state index contributed by atoms with van der Waals surface area (Å²) in [6.45, 7) is 7.22. The zero-order valence-electron chi connectivity index (χ0n) is 12.2. The van der Waals surface area contributed by atoms with Crippen molar-refractivity contribution in [2.75, 3.05) is 11.9 Å². The Morgan fingerprint density at radius 3 is 2.53 bits per heavy atom. The highest BCUT2D eigenvalue weighted by Crippen LogP contribution is 2.22. The van der Waals surface area contributed by atoms with Gasteiger partial charge >= 0.3 is 0 Å². The maximum atomic E-state index is 12.1. The fourth-order valence-electron chi connectivity index (χ4n) is 2.89. The summed E-state index contributed by atoms with van der Waals surface area (Å²) in [5.41, 5.74) is 4.50. The summed E-state index contributed by atoms with van der Waals surface area (Å²) in [6, 6.07) is 4.57. The fraction of sp³-hybridized carbons (Fsp3) is 0.562. The van der Waals surface area contributed by atoms with E-state index in [9.17, 15) is 4.79 Å². The third-order valence-corrected chi connectivity index (χ3v) is 3.79. The molecule has 1 unspecified atom stereocenters. The van der Waals surface area contributed by atoms with Crippen LogP contribution < -0.4 is 10.6 Å². The number of rotatable bonds is 3. The molecule has 0 spiro atoms. The number of piperidine rings is 1. The molecule has 0 aliphatic carbocycles. The topological polar surface area (TPSA) is 41.1 Å². The number of aryl methyl sites for hydroxylation is 3. The van der Waals surface area contributed by atoms with E-state index in [1.165, 1.54) is 18.4 Å². The van der Waals surface area contributed by atoms with Crippen molar-refractivity contribution in [2.24, 2.45) is 0 Å². The second kappa shape index (κ2) is 6.20. The number of amides is 1. The Bertz CT molecular complexity index is 439. The normalized spacial score (nSPS) is 19.2. The van der Waals surface area contributed by atoms with Crippen LogP contribution in [0.3, 0.4) is 0 Å². The largest absolute Gasteiger partial charge is 0.326 e. The molecule has 1 atom stereocenters. The van der Waals surface area contributed by atoms with Crippen LogP contribution in [0.5, 0.6) is 0 Å². The smallest absolute Gasteiger partial charge is 0.225 e. The molecule has 1 saturated heterocycles. The Labute approximate surface area is 115 Å². The number of carbonyl (C=O) groups is 1. The van der Waals surface area contributed by atoms with Gasteiger partial charge in [-0.1, -0.05) is 24.1 Å². The predicted octanol–water partition coefficient (Wildman–Crippen LogP) is 3.08. The van der Waals surface area contributed by atoms with Crippen molar-refractivity contribution >= 4 is 11.6 Å². The average Bonchev–Trinajstić information content (AvgIpc) is 2.35. The van der Waals surface area contributed by atoms with E-state index in [1.54, 1.807) is 0 Å². The zero-order chi connectivity index (χ0) is 13.8. The highest BCUT2D eigenvalue weighted by Gasteiger charge is 2.17. The van der Waals surface area contributed by atoms with Crippen LogP contribution in [0.2, 0.25) is 0 Å². The van der Waals surface area contributed by atoms with E-state index in [2.05, 4.69) is 43.5 Å². The first-order valence-corrected chi connectivity index (χ1v) is 7.17. The van der Waals surface area contributed by atoms with Crippen LogP contribution in [0, 0.1) is 20.8 Å². The maximum Gasteiger partial charge on any atom is 0.225 e. The SMILES string of the molecule is Cc1cc(C)c(NC(=O)CC2CCCCN2)c(C)c1. The van der Waals surface area contributed by atoms with Gasteiger partial charge in [0.05, 0.1) is 0 Å². The van der Waals surface area contributed by atoms with Gasteiger partial charge in [0.2, 0.25) is 5.91 Å². The van der Waals surface area contributed by atoms with Crippen molar-refractivity contribution in [3.63, 3.8) is 0 Å². The summed E-state index contributed by atoms with van der Waals surface area (Å²) in [4.78, 5) is 12.1. The molecule has 0 aromatic heterocycles. The van der Waals surface area contributed by atoms with Crippen molar-refractivity contribution in [1.29, 1.82) is 0 Å². The lowest BCUT2D eigenvalue weighted by atomic mass is 10.0. The van der Waals surface area contributed by atoms with Crippen LogP contribution in [0.25, 0.3) is 0 Å². The lowest BCUT2D eigenvalue weighted by Gasteiger charge is -2.23. The number of nitrogens with one attached hydrogen (secondary N) is 2. The van der Waals surface area contributed by atoms with Crippen LogP contribution in [0.15, 0.2) is 12.1 Å². The van der Waals surface area contributed by atoms with Crippen molar-refractivity contribution in [2.45, 2.75) is 52.5 Å². The van der Waals surface area contributed by atoms with Crippen LogP contribution in [-0.4, -0.2) is 18.5 Å². The quantitative estimate of drug-likeness (QED) is 0.877. The Morgan fingerprint density at radius 1 is 1.26 bits per heavy atom. The van der Waals surface area contributed by atoms with E-state index in [4.69, 9.17) is 0 Å². The van der Waals surface area contributed by atoms with E-state index < -0.39 is 0 Å². The summed E-state index contributed by atoms with van der Waals surface area (Å²) in [5, 5.41) is 6.49. The first-order valence-electron chi connectivity index (χ1n) is 7.17. The highest BCUT2D eigenvalue weighted by atomic mass is 16.1. The Balaban J connectivity index is 1.98. The molecule has 0 radical (unpaired) electrons. The molecule has 3 heteroatoms. The molecule has 1 fully saturated rings. The third-order valence-electron chi connectivity index (χ3n) is 3.79. The van der Waals surface area contributed by atoms with Crippen LogP contribution >= 0.6 is 0 Å². The first-order chi connectivity index (χ1) is 9.06. The molecule has 2 N–H and O–H groups in total. The molecular weight excluding hydrogens is 236 g/mol. The monoisotopic (exact) mass is 260 g/mol. The number of hydrogen-bond acceptors (Lipinski definition) is 2. The molecule has 0 bridgehead atoms. The molecule has 3 nitrogen and oxygen atoms in total. The second-order valence-corrected chi connectivity index (χ2v) is 5.67. The minimum absolute atomic E-state index is 0.120. The zero-order valence-corrected chi connectivity index (χ0v) is 12.2. The van der Waals surface area contributed by atoms with Gasteiger partial charge in [0.25, 0.3) is 0 Å². The van der Waals surface area contributed by atoms with E-state index in [0.717, 1.165) is 29.8 Å². The van der Waals surface area contributed by atoms with Gasteiger partial charge in [-0.2, -0.15) is 0 Å².